The standard InChI is InChI=1S/C17H17Cl2N3O3/c1-22(10-11-4-3-5-14(18)15(11)19)16(23)20-12-6-8-13(9-7-12)21-17(24)25-2/h3-9H,10H2,1-2H3,(H,20,23)(H,21,24). The number of halogens is 2. The molecule has 0 spiro atoms. The number of methoxy groups -OCH3 is 1. The second kappa shape index (κ2) is 8.60. The molecular weight excluding hydrogens is 365 g/mol. The number of hydrogen-bond acceptors (Lipinski definition) is 3. The number of carbonyl (C=O) groups is 2. The first-order chi connectivity index (χ1) is 11.9. The Kier molecular flexibility index (Phi) is 6.50. The molecule has 0 saturated heterocycles. The van der Waals surface area contributed by atoms with E-state index in [-0.39, 0.29) is 6.03 Å². The third-order valence-electron chi connectivity index (χ3n) is 3.35. The predicted octanol–water partition coefficient (Wildman–Crippen LogP) is 4.84. The van der Waals surface area contributed by atoms with Crippen molar-refractivity contribution in [3.8, 4) is 0 Å². The maximum atomic E-state index is 12.3. The third-order valence-corrected chi connectivity index (χ3v) is 4.21. The van der Waals surface area contributed by atoms with Gasteiger partial charge in [-0.2, -0.15) is 0 Å². The van der Waals surface area contributed by atoms with Crippen LogP contribution < -0.4 is 10.6 Å². The largest absolute Gasteiger partial charge is 0.453 e. The lowest BCUT2D eigenvalue weighted by Gasteiger charge is -2.19. The van der Waals surface area contributed by atoms with Gasteiger partial charge in [0, 0.05) is 25.0 Å². The van der Waals surface area contributed by atoms with Crippen LogP contribution in [0, 0.1) is 0 Å². The molecule has 0 aliphatic carbocycles. The molecule has 0 saturated carbocycles. The Labute approximate surface area is 155 Å². The monoisotopic (exact) mass is 381 g/mol. The van der Waals surface area contributed by atoms with Gasteiger partial charge in [0.05, 0.1) is 17.2 Å². The zero-order chi connectivity index (χ0) is 18.4. The van der Waals surface area contributed by atoms with Gasteiger partial charge >= 0.3 is 12.1 Å². The number of carbonyl (C=O) groups excluding carboxylic acids is 2. The van der Waals surface area contributed by atoms with Gasteiger partial charge in [0.25, 0.3) is 0 Å². The molecule has 0 unspecified atom stereocenters. The van der Waals surface area contributed by atoms with Crippen LogP contribution in [0.25, 0.3) is 0 Å². The van der Waals surface area contributed by atoms with Crippen molar-refractivity contribution in [1.82, 2.24) is 4.90 Å². The van der Waals surface area contributed by atoms with Gasteiger partial charge in [-0.25, -0.2) is 9.59 Å². The zero-order valence-corrected chi connectivity index (χ0v) is 15.2. The highest BCUT2D eigenvalue weighted by atomic mass is 35.5. The van der Waals surface area contributed by atoms with Crippen molar-refractivity contribution in [2.75, 3.05) is 24.8 Å². The molecule has 0 aromatic heterocycles. The second-order valence-electron chi connectivity index (χ2n) is 5.19. The molecule has 0 atom stereocenters. The quantitative estimate of drug-likeness (QED) is 0.795. The van der Waals surface area contributed by atoms with Gasteiger partial charge in [-0.3, -0.25) is 5.32 Å². The molecule has 0 aliphatic heterocycles. The molecule has 2 aromatic carbocycles. The van der Waals surface area contributed by atoms with Gasteiger partial charge in [0.15, 0.2) is 0 Å². The zero-order valence-electron chi connectivity index (χ0n) is 13.7. The van der Waals surface area contributed by atoms with Crippen molar-refractivity contribution in [2.24, 2.45) is 0 Å². The highest BCUT2D eigenvalue weighted by Gasteiger charge is 2.12. The number of nitrogens with one attached hydrogen (secondary N) is 2. The molecule has 132 valence electrons. The van der Waals surface area contributed by atoms with Gasteiger partial charge in [-0.05, 0) is 35.9 Å². The smallest absolute Gasteiger partial charge is 0.411 e. The number of rotatable bonds is 4. The molecule has 0 radical (unpaired) electrons. The van der Waals surface area contributed by atoms with Gasteiger partial charge < -0.3 is 15.0 Å². The van der Waals surface area contributed by atoms with Gasteiger partial charge in [-0.15, -0.1) is 0 Å². The topological polar surface area (TPSA) is 70.7 Å². The fourth-order valence-corrected chi connectivity index (χ4v) is 2.40. The Balaban J connectivity index is 1.96. The number of urea groups is 1. The minimum Gasteiger partial charge on any atom is -0.453 e. The fraction of sp³-hybridized carbons (Fsp3) is 0.176. The van der Waals surface area contributed by atoms with Crippen LogP contribution in [0.5, 0.6) is 0 Å². The Morgan fingerprint density at radius 1 is 1.04 bits per heavy atom. The minimum absolute atomic E-state index is 0.301. The van der Waals surface area contributed by atoms with E-state index in [0.29, 0.717) is 28.0 Å². The first-order valence-corrected chi connectivity index (χ1v) is 8.06. The van der Waals surface area contributed by atoms with E-state index in [1.807, 2.05) is 6.07 Å². The Morgan fingerprint density at radius 2 is 1.64 bits per heavy atom. The summed E-state index contributed by atoms with van der Waals surface area (Å²) >= 11 is 12.1. The third kappa shape index (κ3) is 5.27. The van der Waals surface area contributed by atoms with E-state index in [1.165, 1.54) is 12.0 Å². The highest BCUT2D eigenvalue weighted by Crippen LogP contribution is 2.26. The highest BCUT2D eigenvalue weighted by molar-refractivity contribution is 6.42. The summed E-state index contributed by atoms with van der Waals surface area (Å²) < 4.78 is 4.51. The van der Waals surface area contributed by atoms with Crippen LogP contribution in [0.4, 0.5) is 21.0 Å². The van der Waals surface area contributed by atoms with Crippen molar-refractivity contribution < 1.29 is 14.3 Å². The maximum absolute atomic E-state index is 12.3. The molecule has 2 aromatic rings. The van der Waals surface area contributed by atoms with Crippen molar-refractivity contribution >= 4 is 46.7 Å². The summed E-state index contributed by atoms with van der Waals surface area (Å²) in [6, 6.07) is 11.6. The van der Waals surface area contributed by atoms with Gasteiger partial charge in [0.1, 0.15) is 0 Å². The molecule has 8 heteroatoms. The van der Waals surface area contributed by atoms with Crippen molar-refractivity contribution in [2.45, 2.75) is 6.54 Å². The Hall–Kier alpha value is -2.44. The van der Waals surface area contributed by atoms with Crippen LogP contribution in [-0.4, -0.2) is 31.2 Å². The summed E-state index contributed by atoms with van der Waals surface area (Å²) in [7, 11) is 2.94. The van der Waals surface area contributed by atoms with Crippen LogP contribution in [0.1, 0.15) is 5.56 Å². The minimum atomic E-state index is -0.560. The number of ether oxygens (including phenoxy) is 1. The molecule has 6 nitrogen and oxygen atoms in total. The molecular formula is C17H17Cl2N3O3. The first-order valence-electron chi connectivity index (χ1n) is 7.30. The van der Waals surface area contributed by atoms with Crippen LogP contribution in [0.15, 0.2) is 42.5 Å². The normalized spacial score (nSPS) is 10.1. The van der Waals surface area contributed by atoms with E-state index in [4.69, 9.17) is 23.2 Å². The lowest BCUT2D eigenvalue weighted by atomic mass is 10.2. The molecule has 25 heavy (non-hydrogen) atoms. The van der Waals surface area contributed by atoms with Gasteiger partial charge in [0.2, 0.25) is 0 Å². The summed E-state index contributed by atoms with van der Waals surface area (Å²) in [5.41, 5.74) is 1.90. The lowest BCUT2D eigenvalue weighted by molar-refractivity contribution is 0.187. The van der Waals surface area contributed by atoms with E-state index in [0.717, 1.165) is 5.56 Å². The summed E-state index contributed by atoms with van der Waals surface area (Å²) in [6.45, 7) is 0.313. The molecule has 0 aliphatic rings. The Bertz CT molecular complexity index is 766. The van der Waals surface area contributed by atoms with Crippen LogP contribution in [0.3, 0.4) is 0 Å². The predicted molar refractivity (Wildman–Crippen MR) is 99.4 cm³/mol. The summed E-state index contributed by atoms with van der Waals surface area (Å²) in [5, 5.41) is 6.16. The summed E-state index contributed by atoms with van der Waals surface area (Å²) in [5.74, 6) is 0. The Morgan fingerprint density at radius 3 is 2.24 bits per heavy atom. The average Bonchev–Trinajstić information content (AvgIpc) is 2.60. The first kappa shape index (κ1) is 18.9. The molecule has 3 amide bonds. The number of benzene rings is 2. The van der Waals surface area contributed by atoms with Crippen LogP contribution in [0.2, 0.25) is 10.0 Å². The van der Waals surface area contributed by atoms with E-state index in [2.05, 4.69) is 15.4 Å². The van der Waals surface area contributed by atoms with Crippen molar-refractivity contribution in [3.05, 3.63) is 58.1 Å². The molecule has 2 N–H and O–H groups in total. The van der Waals surface area contributed by atoms with E-state index in [9.17, 15) is 9.59 Å². The summed E-state index contributed by atoms with van der Waals surface area (Å²) in [4.78, 5) is 24.9. The van der Waals surface area contributed by atoms with Crippen molar-refractivity contribution in [3.63, 3.8) is 0 Å². The second-order valence-corrected chi connectivity index (χ2v) is 5.98. The number of anilines is 2. The SMILES string of the molecule is COC(=O)Nc1ccc(NC(=O)N(C)Cc2cccc(Cl)c2Cl)cc1. The molecule has 0 bridgehead atoms. The van der Waals surface area contributed by atoms with E-state index < -0.39 is 6.09 Å². The van der Waals surface area contributed by atoms with E-state index >= 15 is 0 Å². The lowest BCUT2D eigenvalue weighted by Crippen LogP contribution is -2.30. The average molecular weight is 382 g/mol. The van der Waals surface area contributed by atoms with Crippen LogP contribution in [-0.2, 0) is 11.3 Å². The van der Waals surface area contributed by atoms with Crippen molar-refractivity contribution in [1.29, 1.82) is 0 Å². The molecule has 0 fully saturated rings. The maximum Gasteiger partial charge on any atom is 0.411 e. The van der Waals surface area contributed by atoms with Gasteiger partial charge in [-0.1, -0.05) is 35.3 Å². The summed E-state index contributed by atoms with van der Waals surface area (Å²) in [6.07, 6.45) is -0.560. The molecule has 0 heterocycles. The molecule has 2 rings (SSSR count). The number of hydrogen-bond donors (Lipinski definition) is 2. The fourth-order valence-electron chi connectivity index (χ4n) is 2.02. The van der Waals surface area contributed by atoms with E-state index in [1.54, 1.807) is 43.4 Å². The number of amides is 3. The van der Waals surface area contributed by atoms with Crippen LogP contribution >= 0.6 is 23.2 Å². The number of nitrogens with zero attached hydrogens (tertiary/aromatic N) is 1.